The molecule has 0 atom stereocenters. The molecule has 0 N–H and O–H groups in total. The van der Waals surface area contributed by atoms with Crippen LogP contribution in [0.4, 0.5) is 4.39 Å². The van der Waals surface area contributed by atoms with Crippen LogP contribution in [-0.4, -0.2) is 9.55 Å². The van der Waals surface area contributed by atoms with Gasteiger partial charge in [0.1, 0.15) is 11.6 Å². The smallest absolute Gasteiger partial charge is 0.139 e. The van der Waals surface area contributed by atoms with Gasteiger partial charge in [0.25, 0.3) is 0 Å². The van der Waals surface area contributed by atoms with Gasteiger partial charge in [-0.1, -0.05) is 0 Å². The first kappa shape index (κ1) is 14.3. The first-order valence-corrected chi connectivity index (χ1v) is 8.19. The summed E-state index contributed by atoms with van der Waals surface area (Å²) in [6.45, 7) is 0. The highest BCUT2D eigenvalue weighted by Crippen LogP contribution is 2.26. The lowest BCUT2D eigenvalue weighted by atomic mass is 10.2. The van der Waals surface area contributed by atoms with E-state index in [0.29, 0.717) is 16.0 Å². The summed E-state index contributed by atoms with van der Waals surface area (Å²) in [5.41, 5.74) is 2.49. The Morgan fingerprint density at radius 1 is 1.25 bits per heavy atom. The van der Waals surface area contributed by atoms with Crippen LogP contribution in [0.2, 0.25) is 0 Å². The van der Waals surface area contributed by atoms with Crippen molar-refractivity contribution in [1.29, 1.82) is 0 Å². The standard InChI is InChI=1S/C14H8BrClFIN2/c15-10-3-2-9(6-11(10)17)20-13-4-1-8(18)5-12(13)19-14(20)7-16/h1-6H,7H2. The zero-order valence-corrected chi connectivity index (χ0v) is 14.6. The second-order valence-corrected chi connectivity index (χ2v) is 6.60. The molecule has 0 bridgehead atoms. The van der Waals surface area contributed by atoms with Crippen molar-refractivity contribution in [2.45, 2.75) is 5.88 Å². The van der Waals surface area contributed by atoms with E-state index >= 15 is 0 Å². The SMILES string of the molecule is Fc1cc(-n2c(CCl)nc3cc(I)ccc32)ccc1Br. The molecule has 20 heavy (non-hydrogen) atoms. The van der Waals surface area contributed by atoms with Crippen molar-refractivity contribution in [2.75, 3.05) is 0 Å². The Morgan fingerprint density at radius 2 is 2.05 bits per heavy atom. The van der Waals surface area contributed by atoms with Crippen LogP contribution < -0.4 is 0 Å². The van der Waals surface area contributed by atoms with E-state index in [9.17, 15) is 4.39 Å². The summed E-state index contributed by atoms with van der Waals surface area (Å²) in [6.07, 6.45) is 0. The number of nitrogens with zero attached hydrogens (tertiary/aromatic N) is 2. The van der Waals surface area contributed by atoms with Gasteiger partial charge in [0, 0.05) is 3.57 Å². The summed E-state index contributed by atoms with van der Waals surface area (Å²) in [6, 6.07) is 10.9. The van der Waals surface area contributed by atoms with Crippen molar-refractivity contribution in [2.24, 2.45) is 0 Å². The monoisotopic (exact) mass is 464 g/mol. The van der Waals surface area contributed by atoms with E-state index in [-0.39, 0.29) is 11.7 Å². The Balaban J connectivity index is 2.30. The molecule has 6 heteroatoms. The topological polar surface area (TPSA) is 17.8 Å². The van der Waals surface area contributed by atoms with Gasteiger partial charge in [0.2, 0.25) is 0 Å². The number of halogens is 4. The highest BCUT2D eigenvalue weighted by molar-refractivity contribution is 14.1. The van der Waals surface area contributed by atoms with Gasteiger partial charge in [-0.05, 0) is 74.9 Å². The van der Waals surface area contributed by atoms with E-state index in [2.05, 4.69) is 43.5 Å². The maximum absolute atomic E-state index is 13.8. The molecule has 0 aliphatic carbocycles. The Labute approximate surface area is 142 Å². The maximum atomic E-state index is 13.8. The lowest BCUT2D eigenvalue weighted by molar-refractivity contribution is 0.620. The first-order chi connectivity index (χ1) is 9.60. The summed E-state index contributed by atoms with van der Waals surface area (Å²) in [4.78, 5) is 4.51. The molecule has 0 amide bonds. The minimum absolute atomic E-state index is 0.267. The Kier molecular flexibility index (Phi) is 4.01. The number of hydrogen-bond acceptors (Lipinski definition) is 1. The van der Waals surface area contributed by atoms with Gasteiger partial charge in [0.15, 0.2) is 0 Å². The number of fused-ring (bicyclic) bond motifs is 1. The van der Waals surface area contributed by atoms with Gasteiger partial charge in [-0.2, -0.15) is 0 Å². The molecule has 0 radical (unpaired) electrons. The number of benzene rings is 2. The van der Waals surface area contributed by atoms with Crippen LogP contribution in [0.1, 0.15) is 5.82 Å². The summed E-state index contributed by atoms with van der Waals surface area (Å²) in [7, 11) is 0. The van der Waals surface area contributed by atoms with Crippen molar-refractivity contribution < 1.29 is 4.39 Å². The van der Waals surface area contributed by atoms with Crippen LogP contribution in [0, 0.1) is 9.39 Å². The van der Waals surface area contributed by atoms with Crippen molar-refractivity contribution in [1.82, 2.24) is 9.55 Å². The Morgan fingerprint density at radius 3 is 2.75 bits per heavy atom. The number of imidazole rings is 1. The van der Waals surface area contributed by atoms with E-state index in [0.717, 1.165) is 14.6 Å². The van der Waals surface area contributed by atoms with Crippen LogP contribution in [-0.2, 0) is 5.88 Å². The van der Waals surface area contributed by atoms with Crippen molar-refractivity contribution in [3.63, 3.8) is 0 Å². The van der Waals surface area contributed by atoms with E-state index in [4.69, 9.17) is 11.6 Å². The molecule has 0 aliphatic rings. The largest absolute Gasteiger partial charge is 0.295 e. The molecule has 0 fully saturated rings. The molecule has 3 aromatic rings. The normalized spacial score (nSPS) is 11.2. The summed E-state index contributed by atoms with van der Waals surface area (Å²) < 4.78 is 17.2. The Bertz CT molecular complexity index is 803. The third-order valence-corrected chi connectivity index (χ3v) is 4.52. The minimum Gasteiger partial charge on any atom is -0.295 e. The average molecular weight is 465 g/mol. The highest BCUT2D eigenvalue weighted by atomic mass is 127. The number of alkyl halides is 1. The number of rotatable bonds is 2. The maximum Gasteiger partial charge on any atom is 0.139 e. The second kappa shape index (κ2) is 5.61. The van der Waals surface area contributed by atoms with Crippen molar-refractivity contribution in [3.8, 4) is 5.69 Å². The Hall–Kier alpha value is -0.660. The number of hydrogen-bond donors (Lipinski definition) is 0. The lowest BCUT2D eigenvalue weighted by Crippen LogP contribution is -2.00. The number of aromatic nitrogens is 2. The molecule has 2 aromatic carbocycles. The predicted octanol–water partition coefficient (Wildman–Crippen LogP) is 5.27. The van der Waals surface area contributed by atoms with Gasteiger partial charge >= 0.3 is 0 Å². The van der Waals surface area contributed by atoms with Crippen molar-refractivity contribution >= 4 is 61.2 Å². The van der Waals surface area contributed by atoms with Crippen LogP contribution in [0.15, 0.2) is 40.9 Å². The average Bonchev–Trinajstić information content (AvgIpc) is 2.79. The van der Waals surface area contributed by atoms with Gasteiger partial charge in [-0.3, -0.25) is 4.57 Å². The zero-order valence-electron chi connectivity index (χ0n) is 10.1. The molecule has 0 unspecified atom stereocenters. The fourth-order valence-electron chi connectivity index (χ4n) is 2.11. The summed E-state index contributed by atoms with van der Waals surface area (Å²) in [5, 5.41) is 0. The molecule has 2 nitrogen and oxygen atoms in total. The van der Waals surface area contributed by atoms with Gasteiger partial charge < -0.3 is 0 Å². The molecule has 0 saturated heterocycles. The summed E-state index contributed by atoms with van der Waals surface area (Å²) >= 11 is 11.4. The molecule has 0 spiro atoms. The van der Waals surface area contributed by atoms with Crippen molar-refractivity contribution in [3.05, 3.63) is 56.1 Å². The molecule has 1 heterocycles. The summed E-state index contributed by atoms with van der Waals surface area (Å²) in [5.74, 6) is 0.656. The third kappa shape index (κ3) is 2.46. The first-order valence-electron chi connectivity index (χ1n) is 5.78. The third-order valence-electron chi connectivity index (χ3n) is 2.97. The highest BCUT2D eigenvalue weighted by Gasteiger charge is 2.13. The van der Waals surface area contributed by atoms with Crippen LogP contribution in [0.5, 0.6) is 0 Å². The lowest BCUT2D eigenvalue weighted by Gasteiger charge is -2.08. The van der Waals surface area contributed by atoms with Gasteiger partial charge in [-0.25, -0.2) is 9.37 Å². The van der Waals surface area contributed by atoms with E-state index in [1.165, 1.54) is 6.07 Å². The minimum atomic E-state index is -0.310. The molecule has 0 aliphatic heterocycles. The van der Waals surface area contributed by atoms with Gasteiger partial charge in [-0.15, -0.1) is 11.6 Å². The van der Waals surface area contributed by atoms with E-state index in [1.807, 2.05) is 28.8 Å². The van der Waals surface area contributed by atoms with Crippen LogP contribution in [0.3, 0.4) is 0 Å². The molecule has 102 valence electrons. The van der Waals surface area contributed by atoms with E-state index in [1.54, 1.807) is 6.07 Å². The quantitative estimate of drug-likeness (QED) is 0.373. The molecule has 1 aromatic heterocycles. The van der Waals surface area contributed by atoms with Gasteiger partial charge in [0.05, 0.1) is 27.1 Å². The molecular formula is C14H8BrClFIN2. The zero-order chi connectivity index (χ0) is 14.3. The second-order valence-electron chi connectivity index (χ2n) is 4.23. The van der Waals surface area contributed by atoms with Crippen LogP contribution >= 0.6 is 50.1 Å². The predicted molar refractivity (Wildman–Crippen MR) is 91.0 cm³/mol. The molecule has 3 rings (SSSR count). The molecule has 0 saturated carbocycles. The fourth-order valence-corrected chi connectivity index (χ4v) is 3.01. The fraction of sp³-hybridized carbons (Fsp3) is 0.0714. The van der Waals surface area contributed by atoms with Crippen LogP contribution in [0.25, 0.3) is 16.7 Å². The molecular weight excluding hydrogens is 457 g/mol. The van der Waals surface area contributed by atoms with E-state index < -0.39 is 0 Å².